The average Bonchev–Trinajstić information content (AvgIpc) is 2.78. The third-order valence-electron chi connectivity index (χ3n) is 5.89. The molecule has 0 radical (unpaired) electrons. The van der Waals surface area contributed by atoms with E-state index in [2.05, 4.69) is 52.4 Å². The molecule has 0 saturated heterocycles. The summed E-state index contributed by atoms with van der Waals surface area (Å²) in [6, 6.07) is 16.0. The summed E-state index contributed by atoms with van der Waals surface area (Å²) in [6.07, 6.45) is 4.03. The number of likely N-dealkylation sites (N-methyl/N-ethyl adjacent to an activating group) is 1. The molecule has 0 saturated carbocycles. The Balaban J connectivity index is 1.56. The molecule has 0 bridgehead atoms. The lowest BCUT2D eigenvalue weighted by molar-refractivity contribution is 0.0697. The van der Waals surface area contributed by atoms with E-state index in [0.29, 0.717) is 12.2 Å². The Kier molecular flexibility index (Phi) is 6.11. The van der Waals surface area contributed by atoms with Crippen molar-refractivity contribution in [2.75, 3.05) is 37.4 Å². The van der Waals surface area contributed by atoms with Crippen LogP contribution in [0.3, 0.4) is 0 Å². The number of rotatable bonds is 6. The van der Waals surface area contributed by atoms with Crippen LogP contribution in [0.5, 0.6) is 0 Å². The van der Waals surface area contributed by atoms with Crippen LogP contribution in [-0.2, 0) is 6.42 Å². The largest absolute Gasteiger partial charge is 0.478 e. The number of carbonyl (C=O) groups is 1. The number of benzene rings is 2. The number of carboxylic acids is 1. The van der Waals surface area contributed by atoms with Crippen LogP contribution in [0.15, 0.2) is 60.9 Å². The zero-order chi connectivity index (χ0) is 22.0. The Labute approximate surface area is 187 Å². The number of fused-ring (bicyclic) bond motifs is 1. The van der Waals surface area contributed by atoms with E-state index in [4.69, 9.17) is 11.6 Å². The summed E-state index contributed by atoms with van der Waals surface area (Å²) >= 11 is 6.02. The Morgan fingerprint density at radius 3 is 2.71 bits per heavy atom. The number of pyridine rings is 1. The van der Waals surface area contributed by atoms with Gasteiger partial charge in [0.1, 0.15) is 0 Å². The summed E-state index contributed by atoms with van der Waals surface area (Å²) < 4.78 is 0. The fourth-order valence-corrected chi connectivity index (χ4v) is 4.17. The summed E-state index contributed by atoms with van der Waals surface area (Å²) in [5.74, 6) is -0.961. The van der Waals surface area contributed by atoms with Crippen LogP contribution >= 0.6 is 11.6 Å². The molecule has 0 fully saturated rings. The number of hydrogen-bond acceptors (Lipinski definition) is 5. The zero-order valence-corrected chi connectivity index (χ0v) is 18.3. The normalized spacial score (nSPS) is 15.9. The summed E-state index contributed by atoms with van der Waals surface area (Å²) in [5.41, 5.74) is 5.54. The van der Waals surface area contributed by atoms with Gasteiger partial charge in [-0.25, -0.2) is 4.79 Å². The molecule has 2 N–H and O–H groups in total. The molecule has 0 aliphatic carbocycles. The van der Waals surface area contributed by atoms with Gasteiger partial charge < -0.3 is 15.3 Å². The Hall–Kier alpha value is -3.09. The van der Waals surface area contributed by atoms with Gasteiger partial charge in [0.2, 0.25) is 0 Å². The number of anilines is 3. The van der Waals surface area contributed by atoms with Gasteiger partial charge in [0.05, 0.1) is 23.5 Å². The zero-order valence-electron chi connectivity index (χ0n) is 17.5. The number of nitrogens with one attached hydrogen (secondary N) is 1. The van der Waals surface area contributed by atoms with Crippen molar-refractivity contribution in [1.29, 1.82) is 0 Å². The van der Waals surface area contributed by atoms with E-state index in [-0.39, 0.29) is 11.6 Å². The van der Waals surface area contributed by atoms with Gasteiger partial charge >= 0.3 is 5.97 Å². The van der Waals surface area contributed by atoms with E-state index in [9.17, 15) is 9.90 Å². The molecule has 1 aromatic heterocycles. The van der Waals surface area contributed by atoms with E-state index in [0.717, 1.165) is 29.4 Å². The van der Waals surface area contributed by atoms with Crippen molar-refractivity contribution in [1.82, 2.24) is 9.88 Å². The molecule has 1 aliphatic heterocycles. The number of halogens is 1. The maximum absolute atomic E-state index is 11.5. The molecule has 1 aliphatic rings. The molecule has 2 heterocycles. The van der Waals surface area contributed by atoms with Crippen LogP contribution in [-0.4, -0.2) is 48.1 Å². The summed E-state index contributed by atoms with van der Waals surface area (Å²) in [6.45, 7) is 1.54. The lowest BCUT2D eigenvalue weighted by Crippen LogP contribution is -2.36. The Morgan fingerprint density at radius 2 is 1.97 bits per heavy atom. The monoisotopic (exact) mass is 436 g/mol. The maximum Gasteiger partial charge on any atom is 0.337 e. The highest BCUT2D eigenvalue weighted by Crippen LogP contribution is 2.34. The first kappa shape index (κ1) is 21.2. The van der Waals surface area contributed by atoms with Crippen molar-refractivity contribution in [2.45, 2.75) is 12.5 Å². The minimum atomic E-state index is -0.961. The molecular weight excluding hydrogens is 412 g/mol. The molecule has 0 unspecified atom stereocenters. The van der Waals surface area contributed by atoms with E-state index in [1.54, 1.807) is 6.20 Å². The summed E-state index contributed by atoms with van der Waals surface area (Å²) in [4.78, 5) is 20.0. The van der Waals surface area contributed by atoms with Crippen molar-refractivity contribution >= 4 is 34.6 Å². The summed E-state index contributed by atoms with van der Waals surface area (Å²) in [5, 5.41) is 13.4. The highest BCUT2D eigenvalue weighted by atomic mass is 35.5. The van der Waals surface area contributed by atoms with Crippen molar-refractivity contribution < 1.29 is 9.90 Å². The molecule has 7 heteroatoms. The van der Waals surface area contributed by atoms with Crippen molar-refractivity contribution in [3.63, 3.8) is 0 Å². The first-order valence-corrected chi connectivity index (χ1v) is 10.6. The topological polar surface area (TPSA) is 68.7 Å². The first-order chi connectivity index (χ1) is 14.9. The van der Waals surface area contributed by atoms with E-state index in [1.165, 1.54) is 23.4 Å². The number of aromatic nitrogens is 1. The van der Waals surface area contributed by atoms with E-state index < -0.39 is 5.97 Å². The quantitative estimate of drug-likeness (QED) is 0.576. The van der Waals surface area contributed by atoms with Crippen LogP contribution in [0.2, 0.25) is 5.02 Å². The first-order valence-electron chi connectivity index (χ1n) is 10.2. The molecule has 1 atom stereocenters. The molecule has 0 amide bonds. The highest BCUT2D eigenvalue weighted by Gasteiger charge is 2.25. The number of aromatic carboxylic acids is 1. The summed E-state index contributed by atoms with van der Waals surface area (Å²) in [7, 11) is 4.15. The van der Waals surface area contributed by atoms with Gasteiger partial charge in [-0.3, -0.25) is 9.88 Å². The van der Waals surface area contributed by atoms with Gasteiger partial charge in [-0.2, -0.15) is 0 Å². The molecule has 2 aromatic carbocycles. The Bertz CT molecular complexity index is 1090. The van der Waals surface area contributed by atoms with Gasteiger partial charge in [0.25, 0.3) is 0 Å². The van der Waals surface area contributed by atoms with Crippen LogP contribution in [0.25, 0.3) is 0 Å². The fraction of sp³-hybridized carbons (Fsp3) is 0.250. The predicted molar refractivity (Wildman–Crippen MR) is 125 cm³/mol. The van der Waals surface area contributed by atoms with Gasteiger partial charge in [0, 0.05) is 42.7 Å². The average molecular weight is 437 g/mol. The van der Waals surface area contributed by atoms with E-state index in [1.807, 2.05) is 24.3 Å². The standard InChI is InChI=1S/C24H25ClN4O2/c1-28-12-10-16-13-19(29(2)18-5-3-17(25)4-6-18)7-8-20(16)23(28)15-27-22-14-26-11-9-21(22)24(30)31/h3-9,11,13-14,23,27H,10,12,15H2,1-2H3,(H,30,31)/t23-/m1/s1. The van der Waals surface area contributed by atoms with Crippen LogP contribution in [0.1, 0.15) is 27.5 Å². The van der Waals surface area contributed by atoms with Crippen molar-refractivity contribution in [3.8, 4) is 0 Å². The number of nitrogens with zero attached hydrogens (tertiary/aromatic N) is 3. The van der Waals surface area contributed by atoms with Crippen LogP contribution < -0.4 is 10.2 Å². The molecular formula is C24H25ClN4O2. The van der Waals surface area contributed by atoms with Gasteiger partial charge in [-0.05, 0) is 67.1 Å². The SMILES string of the molecule is CN(c1ccc(Cl)cc1)c1ccc2c(c1)CCN(C)[C@@H]2CNc1cnccc1C(=O)O. The second-order valence-corrected chi connectivity index (χ2v) is 8.21. The molecule has 4 rings (SSSR count). The van der Waals surface area contributed by atoms with Gasteiger partial charge in [0.15, 0.2) is 0 Å². The maximum atomic E-state index is 11.5. The van der Waals surface area contributed by atoms with Crippen molar-refractivity contribution in [3.05, 3.63) is 82.6 Å². The molecule has 6 nitrogen and oxygen atoms in total. The van der Waals surface area contributed by atoms with E-state index >= 15 is 0 Å². The van der Waals surface area contributed by atoms with Crippen LogP contribution in [0, 0.1) is 0 Å². The molecule has 0 spiro atoms. The molecule has 160 valence electrons. The highest BCUT2D eigenvalue weighted by molar-refractivity contribution is 6.30. The number of hydrogen-bond donors (Lipinski definition) is 2. The number of carboxylic acid groups (broad SMARTS) is 1. The minimum absolute atomic E-state index is 0.139. The van der Waals surface area contributed by atoms with Crippen LogP contribution in [0.4, 0.5) is 17.1 Å². The molecule has 31 heavy (non-hydrogen) atoms. The third kappa shape index (κ3) is 4.50. The lowest BCUT2D eigenvalue weighted by atomic mass is 9.92. The van der Waals surface area contributed by atoms with Crippen molar-refractivity contribution in [2.24, 2.45) is 0 Å². The second kappa shape index (κ2) is 8.96. The predicted octanol–water partition coefficient (Wildman–Crippen LogP) is 4.84. The Morgan fingerprint density at radius 1 is 1.23 bits per heavy atom. The molecule has 3 aromatic rings. The van der Waals surface area contributed by atoms with Gasteiger partial charge in [-0.15, -0.1) is 0 Å². The van der Waals surface area contributed by atoms with Gasteiger partial charge in [-0.1, -0.05) is 17.7 Å². The third-order valence-corrected chi connectivity index (χ3v) is 6.14. The fourth-order valence-electron chi connectivity index (χ4n) is 4.04. The lowest BCUT2D eigenvalue weighted by Gasteiger charge is -2.35. The minimum Gasteiger partial charge on any atom is -0.478 e. The smallest absolute Gasteiger partial charge is 0.337 e. The second-order valence-electron chi connectivity index (χ2n) is 7.77.